The summed E-state index contributed by atoms with van der Waals surface area (Å²) >= 11 is 5.13. The Morgan fingerprint density at radius 3 is 2.95 bits per heavy atom. The van der Waals surface area contributed by atoms with E-state index in [1.807, 2.05) is 6.92 Å². The quantitative estimate of drug-likeness (QED) is 0.804. The molecule has 2 N–H and O–H groups in total. The van der Waals surface area contributed by atoms with E-state index in [-0.39, 0.29) is 24.8 Å². The van der Waals surface area contributed by atoms with Crippen molar-refractivity contribution in [3.8, 4) is 0 Å². The van der Waals surface area contributed by atoms with Crippen molar-refractivity contribution in [3.63, 3.8) is 0 Å². The molecule has 0 unspecified atom stereocenters. The van der Waals surface area contributed by atoms with Crippen LogP contribution in [0.25, 0.3) is 0 Å². The molecule has 0 aliphatic carbocycles. The maximum Gasteiger partial charge on any atom is 0.240 e. The first-order chi connectivity index (χ1) is 10.5. The molecule has 5 nitrogen and oxygen atoms in total. The summed E-state index contributed by atoms with van der Waals surface area (Å²) in [5.74, 6) is 0.314. The van der Waals surface area contributed by atoms with Gasteiger partial charge in [0.05, 0.1) is 0 Å². The molecule has 1 aromatic heterocycles. The van der Waals surface area contributed by atoms with Crippen molar-refractivity contribution in [2.24, 2.45) is 0 Å². The van der Waals surface area contributed by atoms with Crippen LogP contribution in [0.15, 0.2) is 18.2 Å². The third-order valence-corrected chi connectivity index (χ3v) is 3.65. The van der Waals surface area contributed by atoms with Crippen LogP contribution in [0.4, 0.5) is 4.39 Å². The molecule has 0 saturated heterocycles. The van der Waals surface area contributed by atoms with E-state index in [2.05, 4.69) is 15.5 Å². The van der Waals surface area contributed by atoms with E-state index in [9.17, 15) is 9.18 Å². The molecule has 0 radical (unpaired) electrons. The Morgan fingerprint density at radius 2 is 2.27 bits per heavy atom. The molecule has 0 atom stereocenters. The SMILES string of the molecule is CCCc1n[nH]c(=S)n1CC(=O)NCc1ccc(C)c(F)c1. The smallest absolute Gasteiger partial charge is 0.240 e. The Bertz CT molecular complexity index is 723. The van der Waals surface area contributed by atoms with Gasteiger partial charge in [-0.3, -0.25) is 14.5 Å². The monoisotopic (exact) mass is 322 g/mol. The fraction of sp³-hybridized carbons (Fsp3) is 0.400. The van der Waals surface area contributed by atoms with E-state index < -0.39 is 0 Å². The van der Waals surface area contributed by atoms with Crippen LogP contribution >= 0.6 is 12.2 Å². The Hall–Kier alpha value is -2.02. The average molecular weight is 322 g/mol. The van der Waals surface area contributed by atoms with Crippen molar-refractivity contribution in [1.29, 1.82) is 0 Å². The van der Waals surface area contributed by atoms with E-state index in [0.717, 1.165) is 24.2 Å². The highest BCUT2D eigenvalue weighted by Gasteiger charge is 2.10. The topological polar surface area (TPSA) is 62.7 Å². The number of carbonyl (C=O) groups is 1. The first-order valence-corrected chi connectivity index (χ1v) is 7.58. The van der Waals surface area contributed by atoms with Crippen molar-refractivity contribution in [3.05, 3.63) is 45.7 Å². The van der Waals surface area contributed by atoms with Gasteiger partial charge in [-0.05, 0) is 42.8 Å². The van der Waals surface area contributed by atoms with Gasteiger partial charge in [-0.15, -0.1) is 0 Å². The molecule has 2 rings (SSSR count). The van der Waals surface area contributed by atoms with Crippen LogP contribution in [0.3, 0.4) is 0 Å². The second-order valence-corrected chi connectivity index (χ2v) is 5.53. The molecule has 0 fully saturated rings. The first kappa shape index (κ1) is 16.4. The number of aromatic nitrogens is 3. The van der Waals surface area contributed by atoms with E-state index in [1.165, 1.54) is 6.07 Å². The van der Waals surface area contributed by atoms with Gasteiger partial charge in [0, 0.05) is 13.0 Å². The van der Waals surface area contributed by atoms with Crippen LogP contribution < -0.4 is 5.32 Å². The van der Waals surface area contributed by atoms with Crippen LogP contribution in [0, 0.1) is 17.5 Å². The van der Waals surface area contributed by atoms with E-state index in [4.69, 9.17) is 12.2 Å². The van der Waals surface area contributed by atoms with Gasteiger partial charge in [0.25, 0.3) is 0 Å². The molecule has 118 valence electrons. The van der Waals surface area contributed by atoms with Crippen molar-refractivity contribution in [1.82, 2.24) is 20.1 Å². The zero-order valence-electron chi connectivity index (χ0n) is 12.6. The Morgan fingerprint density at radius 1 is 1.50 bits per heavy atom. The van der Waals surface area contributed by atoms with Gasteiger partial charge in [0.1, 0.15) is 18.2 Å². The highest BCUT2D eigenvalue weighted by atomic mass is 32.1. The minimum Gasteiger partial charge on any atom is -0.350 e. The predicted molar refractivity (Wildman–Crippen MR) is 84.4 cm³/mol. The summed E-state index contributed by atoms with van der Waals surface area (Å²) in [6, 6.07) is 4.93. The van der Waals surface area contributed by atoms with Gasteiger partial charge in [-0.1, -0.05) is 19.1 Å². The van der Waals surface area contributed by atoms with Gasteiger partial charge in [0.2, 0.25) is 5.91 Å². The van der Waals surface area contributed by atoms with E-state index in [0.29, 0.717) is 10.3 Å². The summed E-state index contributed by atoms with van der Waals surface area (Å²) in [7, 11) is 0. The van der Waals surface area contributed by atoms with E-state index >= 15 is 0 Å². The number of halogens is 1. The zero-order valence-corrected chi connectivity index (χ0v) is 13.5. The number of rotatable bonds is 6. The molecule has 2 aromatic rings. The molecular formula is C15H19FN4OS. The van der Waals surface area contributed by atoms with Gasteiger partial charge >= 0.3 is 0 Å². The molecule has 1 amide bonds. The number of benzene rings is 1. The molecule has 0 aliphatic rings. The van der Waals surface area contributed by atoms with Gasteiger partial charge in [-0.25, -0.2) is 4.39 Å². The zero-order chi connectivity index (χ0) is 16.1. The Kier molecular flexibility index (Phi) is 5.43. The largest absolute Gasteiger partial charge is 0.350 e. The molecule has 22 heavy (non-hydrogen) atoms. The lowest BCUT2D eigenvalue weighted by Crippen LogP contribution is -2.28. The standard InChI is InChI=1S/C15H19FN4OS/c1-3-4-13-18-19-15(22)20(13)9-14(21)17-8-11-6-5-10(2)12(16)7-11/h5-7H,3-4,8-9H2,1-2H3,(H,17,21)(H,19,22). The molecule has 1 aromatic carbocycles. The summed E-state index contributed by atoms with van der Waals surface area (Å²) < 4.78 is 15.6. The molecule has 1 heterocycles. The minimum absolute atomic E-state index is 0.110. The second kappa shape index (κ2) is 7.31. The van der Waals surface area contributed by atoms with Gasteiger partial charge in [-0.2, -0.15) is 5.10 Å². The third kappa shape index (κ3) is 4.00. The highest BCUT2D eigenvalue weighted by Crippen LogP contribution is 2.09. The third-order valence-electron chi connectivity index (χ3n) is 3.34. The minimum atomic E-state index is -0.269. The lowest BCUT2D eigenvalue weighted by molar-refractivity contribution is -0.121. The summed E-state index contributed by atoms with van der Waals surface area (Å²) in [6.07, 6.45) is 1.67. The fourth-order valence-corrected chi connectivity index (χ4v) is 2.29. The highest BCUT2D eigenvalue weighted by molar-refractivity contribution is 7.71. The van der Waals surface area contributed by atoms with Crippen LogP contribution in [-0.4, -0.2) is 20.7 Å². The number of carbonyl (C=O) groups excluding carboxylic acids is 1. The average Bonchev–Trinajstić information content (AvgIpc) is 2.82. The number of aromatic amines is 1. The number of H-pyrrole nitrogens is 1. The van der Waals surface area contributed by atoms with Crippen molar-refractivity contribution < 1.29 is 9.18 Å². The fourth-order valence-electron chi connectivity index (χ4n) is 2.07. The summed E-state index contributed by atoms with van der Waals surface area (Å²) in [4.78, 5) is 12.0. The second-order valence-electron chi connectivity index (χ2n) is 5.14. The maximum atomic E-state index is 13.5. The molecule has 0 aliphatic heterocycles. The molecule has 7 heteroatoms. The lowest BCUT2D eigenvalue weighted by Gasteiger charge is -2.08. The summed E-state index contributed by atoms with van der Waals surface area (Å²) in [6.45, 7) is 4.13. The lowest BCUT2D eigenvalue weighted by atomic mass is 10.1. The van der Waals surface area contributed by atoms with Crippen molar-refractivity contribution in [2.75, 3.05) is 0 Å². The number of aryl methyl sites for hydroxylation is 2. The molecule has 0 bridgehead atoms. The number of hydrogen-bond donors (Lipinski definition) is 2. The van der Waals surface area contributed by atoms with Crippen LogP contribution in [0.5, 0.6) is 0 Å². The number of nitrogens with zero attached hydrogens (tertiary/aromatic N) is 2. The summed E-state index contributed by atoms with van der Waals surface area (Å²) in [5.41, 5.74) is 1.31. The van der Waals surface area contributed by atoms with Crippen LogP contribution in [0.2, 0.25) is 0 Å². The number of nitrogens with one attached hydrogen (secondary N) is 2. The van der Waals surface area contributed by atoms with Crippen LogP contribution in [0.1, 0.15) is 30.3 Å². The first-order valence-electron chi connectivity index (χ1n) is 7.17. The molecular weight excluding hydrogens is 303 g/mol. The van der Waals surface area contributed by atoms with E-state index in [1.54, 1.807) is 23.6 Å². The van der Waals surface area contributed by atoms with Crippen molar-refractivity contribution in [2.45, 2.75) is 39.8 Å². The number of hydrogen-bond acceptors (Lipinski definition) is 3. The van der Waals surface area contributed by atoms with Crippen molar-refractivity contribution >= 4 is 18.1 Å². The Labute approximate surface area is 133 Å². The van der Waals surface area contributed by atoms with Crippen LogP contribution in [-0.2, 0) is 24.3 Å². The molecule has 0 saturated carbocycles. The molecule has 0 spiro atoms. The predicted octanol–water partition coefficient (Wildman–Crippen LogP) is 2.66. The van der Waals surface area contributed by atoms with Gasteiger partial charge < -0.3 is 5.32 Å². The number of amides is 1. The van der Waals surface area contributed by atoms with Gasteiger partial charge in [0.15, 0.2) is 4.77 Å². The Balaban J connectivity index is 1.97. The summed E-state index contributed by atoms with van der Waals surface area (Å²) in [5, 5.41) is 9.58. The maximum absolute atomic E-state index is 13.5. The normalized spacial score (nSPS) is 10.7.